The van der Waals surface area contributed by atoms with E-state index in [-0.39, 0.29) is 5.91 Å². The molecule has 112 valence electrons. The molecule has 1 saturated carbocycles. The van der Waals surface area contributed by atoms with Crippen LogP contribution in [0.1, 0.15) is 90.4 Å². The molecule has 0 unspecified atom stereocenters. The number of hydrogen-bond donors (Lipinski definition) is 1. The first kappa shape index (κ1) is 16.5. The fourth-order valence-corrected chi connectivity index (χ4v) is 3.03. The highest BCUT2D eigenvalue weighted by molar-refractivity contribution is 5.75. The van der Waals surface area contributed by atoms with E-state index in [4.69, 9.17) is 0 Å². The summed E-state index contributed by atoms with van der Waals surface area (Å²) < 4.78 is 0. The molecule has 1 fully saturated rings. The summed E-state index contributed by atoms with van der Waals surface area (Å²) in [5.41, 5.74) is 0. The fourth-order valence-electron chi connectivity index (χ4n) is 3.03. The maximum Gasteiger partial charge on any atom is 0.220 e. The minimum absolute atomic E-state index is 0.276. The monoisotopic (exact) mass is 267 g/mol. The number of nitrogens with one attached hydrogen (secondary N) is 1. The van der Waals surface area contributed by atoms with E-state index >= 15 is 0 Å². The lowest BCUT2D eigenvalue weighted by Crippen LogP contribution is -2.24. The number of rotatable bonds is 11. The summed E-state index contributed by atoms with van der Waals surface area (Å²) in [5, 5.41) is 3.07. The highest BCUT2D eigenvalue weighted by Crippen LogP contribution is 2.28. The molecule has 2 nitrogen and oxygen atoms in total. The number of hydrogen-bond acceptors (Lipinski definition) is 1. The minimum Gasteiger partial charge on any atom is -0.356 e. The Morgan fingerprint density at radius 1 is 1.00 bits per heavy atom. The second-order valence-electron chi connectivity index (χ2n) is 6.16. The average molecular weight is 267 g/mol. The molecule has 2 heteroatoms. The molecule has 1 rings (SSSR count). The quantitative estimate of drug-likeness (QED) is 0.534. The summed E-state index contributed by atoms with van der Waals surface area (Å²) >= 11 is 0. The molecule has 0 radical (unpaired) electrons. The van der Waals surface area contributed by atoms with Crippen molar-refractivity contribution in [2.24, 2.45) is 5.92 Å². The van der Waals surface area contributed by atoms with Crippen molar-refractivity contribution >= 4 is 5.91 Å². The van der Waals surface area contributed by atoms with E-state index in [9.17, 15) is 4.79 Å². The fraction of sp³-hybridized carbons (Fsp3) is 0.941. The summed E-state index contributed by atoms with van der Waals surface area (Å²) in [6, 6.07) is 0. The van der Waals surface area contributed by atoms with Gasteiger partial charge in [-0.25, -0.2) is 0 Å². The first-order valence-corrected chi connectivity index (χ1v) is 8.59. The SMILES string of the molecule is CCCCCCCCCNC(=O)CCC1CCCC1. The van der Waals surface area contributed by atoms with Crippen LogP contribution in [0.3, 0.4) is 0 Å². The molecule has 1 amide bonds. The van der Waals surface area contributed by atoms with Crippen molar-refractivity contribution in [1.29, 1.82) is 0 Å². The van der Waals surface area contributed by atoms with Gasteiger partial charge in [0.15, 0.2) is 0 Å². The third kappa shape index (κ3) is 9.07. The van der Waals surface area contributed by atoms with Crippen LogP contribution >= 0.6 is 0 Å². The Kier molecular flexibility index (Phi) is 9.84. The van der Waals surface area contributed by atoms with Crippen LogP contribution < -0.4 is 5.32 Å². The highest BCUT2D eigenvalue weighted by Gasteiger charge is 2.15. The van der Waals surface area contributed by atoms with E-state index in [1.54, 1.807) is 0 Å². The zero-order valence-corrected chi connectivity index (χ0v) is 12.9. The Balaban J connectivity index is 1.81. The topological polar surface area (TPSA) is 29.1 Å². The molecule has 0 spiro atoms. The van der Waals surface area contributed by atoms with Gasteiger partial charge >= 0.3 is 0 Å². The minimum atomic E-state index is 0.276. The Morgan fingerprint density at radius 3 is 2.32 bits per heavy atom. The molecule has 0 aromatic rings. The van der Waals surface area contributed by atoms with Gasteiger partial charge in [-0.1, -0.05) is 71.1 Å². The molecule has 19 heavy (non-hydrogen) atoms. The van der Waals surface area contributed by atoms with E-state index in [0.717, 1.165) is 31.7 Å². The Labute approximate surface area is 119 Å². The maximum absolute atomic E-state index is 11.7. The summed E-state index contributed by atoms with van der Waals surface area (Å²) in [5.74, 6) is 1.11. The second-order valence-corrected chi connectivity index (χ2v) is 6.16. The van der Waals surface area contributed by atoms with Crippen molar-refractivity contribution in [3.8, 4) is 0 Å². The van der Waals surface area contributed by atoms with Gasteiger partial charge in [0, 0.05) is 13.0 Å². The van der Waals surface area contributed by atoms with Gasteiger partial charge in [-0.05, 0) is 18.8 Å². The van der Waals surface area contributed by atoms with Crippen molar-refractivity contribution in [2.45, 2.75) is 90.4 Å². The second kappa shape index (κ2) is 11.3. The van der Waals surface area contributed by atoms with Crippen LogP contribution in [0.5, 0.6) is 0 Å². The summed E-state index contributed by atoms with van der Waals surface area (Å²) in [7, 11) is 0. The molecular formula is C17H33NO. The molecule has 0 aromatic carbocycles. The lowest BCUT2D eigenvalue weighted by Gasteiger charge is -2.09. The number of carbonyl (C=O) groups is 1. The zero-order valence-electron chi connectivity index (χ0n) is 12.9. The molecule has 0 aliphatic heterocycles. The number of unbranched alkanes of at least 4 members (excludes halogenated alkanes) is 6. The Morgan fingerprint density at radius 2 is 1.63 bits per heavy atom. The van der Waals surface area contributed by atoms with E-state index in [1.807, 2.05) is 0 Å². The van der Waals surface area contributed by atoms with Crippen LogP contribution in [0.15, 0.2) is 0 Å². The number of amides is 1. The van der Waals surface area contributed by atoms with Crippen LogP contribution in [-0.2, 0) is 4.79 Å². The van der Waals surface area contributed by atoms with Crippen molar-refractivity contribution in [3.63, 3.8) is 0 Å². The number of carbonyl (C=O) groups excluding carboxylic acids is 1. The molecule has 0 aromatic heterocycles. The van der Waals surface area contributed by atoms with E-state index in [2.05, 4.69) is 12.2 Å². The third-order valence-corrected chi connectivity index (χ3v) is 4.36. The van der Waals surface area contributed by atoms with Gasteiger partial charge < -0.3 is 5.32 Å². The van der Waals surface area contributed by atoms with Crippen LogP contribution in [0.4, 0.5) is 0 Å². The smallest absolute Gasteiger partial charge is 0.220 e. The first-order chi connectivity index (χ1) is 9.33. The van der Waals surface area contributed by atoms with Crippen LogP contribution in [-0.4, -0.2) is 12.5 Å². The van der Waals surface area contributed by atoms with Gasteiger partial charge in [0.25, 0.3) is 0 Å². The highest BCUT2D eigenvalue weighted by atomic mass is 16.1. The van der Waals surface area contributed by atoms with Crippen molar-refractivity contribution in [3.05, 3.63) is 0 Å². The van der Waals surface area contributed by atoms with Crippen molar-refractivity contribution in [2.75, 3.05) is 6.54 Å². The zero-order chi connectivity index (χ0) is 13.8. The predicted molar refractivity (Wildman–Crippen MR) is 82.2 cm³/mol. The van der Waals surface area contributed by atoms with Crippen molar-refractivity contribution in [1.82, 2.24) is 5.32 Å². The third-order valence-electron chi connectivity index (χ3n) is 4.36. The summed E-state index contributed by atoms with van der Waals surface area (Å²) in [6.07, 6.45) is 16.5. The Hall–Kier alpha value is -0.530. The summed E-state index contributed by atoms with van der Waals surface area (Å²) in [4.78, 5) is 11.7. The lowest BCUT2D eigenvalue weighted by molar-refractivity contribution is -0.121. The molecular weight excluding hydrogens is 234 g/mol. The molecule has 1 aliphatic rings. The molecule has 0 atom stereocenters. The summed E-state index contributed by atoms with van der Waals surface area (Å²) in [6.45, 7) is 3.14. The molecule has 1 aliphatic carbocycles. The van der Waals surface area contributed by atoms with Gasteiger partial charge in [0.1, 0.15) is 0 Å². The van der Waals surface area contributed by atoms with Crippen LogP contribution in [0, 0.1) is 5.92 Å². The van der Waals surface area contributed by atoms with Crippen molar-refractivity contribution < 1.29 is 4.79 Å². The van der Waals surface area contributed by atoms with E-state index in [0.29, 0.717) is 0 Å². The molecule has 0 bridgehead atoms. The van der Waals surface area contributed by atoms with Gasteiger partial charge in [-0.2, -0.15) is 0 Å². The average Bonchev–Trinajstić information content (AvgIpc) is 2.93. The van der Waals surface area contributed by atoms with E-state index in [1.165, 1.54) is 64.2 Å². The maximum atomic E-state index is 11.7. The van der Waals surface area contributed by atoms with E-state index < -0.39 is 0 Å². The van der Waals surface area contributed by atoms with Crippen LogP contribution in [0.2, 0.25) is 0 Å². The van der Waals surface area contributed by atoms with Gasteiger partial charge in [0.05, 0.1) is 0 Å². The van der Waals surface area contributed by atoms with Gasteiger partial charge in [-0.3, -0.25) is 4.79 Å². The molecule has 0 saturated heterocycles. The largest absolute Gasteiger partial charge is 0.356 e. The van der Waals surface area contributed by atoms with Gasteiger partial charge in [-0.15, -0.1) is 0 Å². The molecule has 0 heterocycles. The normalized spacial score (nSPS) is 15.8. The van der Waals surface area contributed by atoms with Gasteiger partial charge in [0.2, 0.25) is 5.91 Å². The first-order valence-electron chi connectivity index (χ1n) is 8.59. The standard InChI is InChI=1S/C17H33NO/c1-2-3-4-5-6-7-10-15-18-17(19)14-13-16-11-8-9-12-16/h16H,2-15H2,1H3,(H,18,19). The lowest BCUT2D eigenvalue weighted by atomic mass is 10.0. The predicted octanol–water partition coefficient (Wildman–Crippen LogP) is 4.82. The molecule has 1 N–H and O–H groups in total. The Bertz CT molecular complexity index is 221. The van der Waals surface area contributed by atoms with Crippen LogP contribution in [0.25, 0.3) is 0 Å².